The van der Waals surface area contributed by atoms with Crippen molar-refractivity contribution in [2.45, 2.75) is 68.9 Å². The maximum absolute atomic E-state index is 13.4. The summed E-state index contributed by atoms with van der Waals surface area (Å²) in [5, 5.41) is 0. The minimum Gasteiger partial charge on any atom is -0.378 e. The van der Waals surface area contributed by atoms with Gasteiger partial charge in [-0.25, -0.2) is 17.2 Å². The molecule has 0 unspecified atom stereocenters. The molecule has 0 N–H and O–H groups in total. The third kappa shape index (κ3) is 6.98. The molecule has 0 spiro atoms. The zero-order chi connectivity index (χ0) is 21.4. The van der Waals surface area contributed by atoms with E-state index in [2.05, 4.69) is 18.9 Å². The van der Waals surface area contributed by atoms with Crippen molar-refractivity contribution in [2.75, 3.05) is 33.8 Å². The third-order valence-corrected chi connectivity index (χ3v) is 7.53. The number of benzene rings is 1. The minimum absolute atomic E-state index is 0.157. The van der Waals surface area contributed by atoms with Crippen molar-refractivity contribution in [1.82, 2.24) is 9.21 Å². The summed E-state index contributed by atoms with van der Waals surface area (Å²) in [7, 11) is -0.207. The van der Waals surface area contributed by atoms with Gasteiger partial charge in [-0.05, 0) is 83.3 Å². The summed E-state index contributed by atoms with van der Waals surface area (Å²) in [6.45, 7) is 5.11. The molecule has 1 aromatic carbocycles. The molecular weight excluding hydrogens is 398 g/mol. The first-order valence-corrected chi connectivity index (χ1v) is 11.9. The predicted octanol–water partition coefficient (Wildman–Crippen LogP) is 4.04. The molecule has 0 bridgehead atoms. The van der Waals surface area contributed by atoms with E-state index in [1.165, 1.54) is 11.4 Å². The molecule has 0 aromatic heterocycles. The summed E-state index contributed by atoms with van der Waals surface area (Å²) in [6, 6.07) is 2.54. The van der Waals surface area contributed by atoms with Gasteiger partial charge in [-0.1, -0.05) is 6.92 Å². The fourth-order valence-corrected chi connectivity index (χ4v) is 5.23. The Bertz CT molecular complexity index is 737. The lowest BCUT2D eigenvalue weighted by Gasteiger charge is -2.34. The molecule has 0 atom stereocenters. The zero-order valence-electron chi connectivity index (χ0n) is 17.7. The summed E-state index contributed by atoms with van der Waals surface area (Å²) in [4.78, 5) is 2.11. The van der Waals surface area contributed by atoms with Gasteiger partial charge in [0.2, 0.25) is 10.0 Å². The Morgan fingerprint density at radius 2 is 1.72 bits per heavy atom. The molecular formula is C21H34F2N2O3S. The molecule has 1 fully saturated rings. The molecule has 0 saturated heterocycles. The average Bonchev–Trinajstić information content (AvgIpc) is 2.70. The molecule has 1 aromatic rings. The highest BCUT2D eigenvalue weighted by atomic mass is 32.2. The summed E-state index contributed by atoms with van der Waals surface area (Å²) < 4.78 is 59.3. The number of sulfonamides is 1. The summed E-state index contributed by atoms with van der Waals surface area (Å²) in [6.07, 6.45) is 6.47. The Labute approximate surface area is 174 Å². The van der Waals surface area contributed by atoms with Gasteiger partial charge in [0, 0.05) is 19.7 Å². The van der Waals surface area contributed by atoms with Crippen molar-refractivity contribution in [2.24, 2.45) is 0 Å². The van der Waals surface area contributed by atoms with Crippen LogP contribution in [0.3, 0.4) is 0 Å². The van der Waals surface area contributed by atoms with Crippen LogP contribution in [0.2, 0.25) is 0 Å². The molecule has 1 saturated carbocycles. The van der Waals surface area contributed by atoms with Gasteiger partial charge >= 0.3 is 0 Å². The highest BCUT2D eigenvalue weighted by Crippen LogP contribution is 2.28. The second-order valence-electron chi connectivity index (χ2n) is 7.91. The molecule has 1 aliphatic carbocycles. The minimum atomic E-state index is -3.85. The first-order chi connectivity index (χ1) is 13.8. The predicted molar refractivity (Wildman–Crippen MR) is 110 cm³/mol. The number of rotatable bonds is 11. The Kier molecular flexibility index (Phi) is 9.46. The Hall–Kier alpha value is -1.09. The van der Waals surface area contributed by atoms with Crippen LogP contribution in [-0.2, 0) is 14.8 Å². The zero-order valence-corrected chi connectivity index (χ0v) is 18.6. The molecule has 8 heteroatoms. The molecule has 0 radical (unpaired) electrons. The van der Waals surface area contributed by atoms with Crippen LogP contribution in [0.1, 0.15) is 51.9 Å². The van der Waals surface area contributed by atoms with Crippen LogP contribution < -0.4 is 0 Å². The van der Waals surface area contributed by atoms with Crippen LogP contribution in [0.15, 0.2) is 23.1 Å². The second-order valence-corrected chi connectivity index (χ2v) is 9.91. The maximum Gasteiger partial charge on any atom is 0.243 e. The number of halogens is 2. The Morgan fingerprint density at radius 3 is 2.34 bits per heavy atom. The van der Waals surface area contributed by atoms with Gasteiger partial charge in [0.1, 0.15) is 0 Å². The van der Waals surface area contributed by atoms with Gasteiger partial charge in [0.25, 0.3) is 0 Å². The molecule has 0 heterocycles. The van der Waals surface area contributed by atoms with Crippen LogP contribution in [0, 0.1) is 11.6 Å². The van der Waals surface area contributed by atoms with E-state index in [0.717, 1.165) is 70.0 Å². The number of hydrogen-bond donors (Lipinski definition) is 0. The average molecular weight is 433 g/mol. The molecule has 0 aliphatic heterocycles. The van der Waals surface area contributed by atoms with Crippen molar-refractivity contribution >= 4 is 10.0 Å². The fourth-order valence-electron chi connectivity index (χ4n) is 3.80. The molecule has 2 rings (SSSR count). The number of nitrogens with zero attached hydrogens (tertiary/aromatic N) is 2. The van der Waals surface area contributed by atoms with Gasteiger partial charge in [0.15, 0.2) is 11.6 Å². The lowest BCUT2D eigenvalue weighted by atomic mass is 9.93. The first kappa shape index (κ1) is 24.2. The number of hydrogen-bond acceptors (Lipinski definition) is 4. The van der Waals surface area contributed by atoms with Crippen LogP contribution in [0.25, 0.3) is 0 Å². The van der Waals surface area contributed by atoms with Crippen molar-refractivity contribution < 1.29 is 21.9 Å². The molecule has 5 nitrogen and oxygen atoms in total. The van der Waals surface area contributed by atoms with Crippen molar-refractivity contribution in [3.63, 3.8) is 0 Å². The first-order valence-electron chi connectivity index (χ1n) is 10.5. The van der Waals surface area contributed by atoms with E-state index in [4.69, 9.17) is 4.74 Å². The topological polar surface area (TPSA) is 49.9 Å². The van der Waals surface area contributed by atoms with E-state index in [1.54, 1.807) is 0 Å². The van der Waals surface area contributed by atoms with Crippen LogP contribution in [0.4, 0.5) is 8.78 Å². The summed E-state index contributed by atoms with van der Waals surface area (Å²) >= 11 is 0. The highest BCUT2D eigenvalue weighted by molar-refractivity contribution is 7.89. The monoisotopic (exact) mass is 432 g/mol. The van der Waals surface area contributed by atoms with E-state index in [9.17, 15) is 17.2 Å². The lowest BCUT2D eigenvalue weighted by Crippen LogP contribution is -2.40. The van der Waals surface area contributed by atoms with Gasteiger partial charge in [-0.15, -0.1) is 0 Å². The van der Waals surface area contributed by atoms with E-state index in [0.29, 0.717) is 12.8 Å². The van der Waals surface area contributed by atoms with E-state index < -0.39 is 21.7 Å². The quantitative estimate of drug-likeness (QED) is 0.495. The van der Waals surface area contributed by atoms with E-state index in [1.807, 2.05) is 0 Å². The summed E-state index contributed by atoms with van der Waals surface area (Å²) in [5.74, 6) is -2.21. The molecule has 166 valence electrons. The highest BCUT2D eigenvalue weighted by Gasteiger charge is 2.32. The normalized spacial score (nSPS) is 20.5. The van der Waals surface area contributed by atoms with Crippen molar-refractivity contribution in [3.05, 3.63) is 29.8 Å². The Balaban J connectivity index is 1.76. The summed E-state index contributed by atoms with van der Waals surface area (Å²) in [5.41, 5.74) is 0. The fraction of sp³-hybridized carbons (Fsp3) is 0.714. The van der Waals surface area contributed by atoms with Crippen LogP contribution >= 0.6 is 0 Å². The Morgan fingerprint density at radius 1 is 1.03 bits per heavy atom. The van der Waals surface area contributed by atoms with E-state index in [-0.39, 0.29) is 17.0 Å². The SMILES string of the molecule is CCCN(C)CCCCOC1CCC(N(C)S(=O)(=O)c2ccc(F)c(F)c2)CC1. The number of unbranched alkanes of at least 4 members (excludes halogenated alkanes) is 1. The second kappa shape index (κ2) is 11.3. The van der Waals surface area contributed by atoms with Gasteiger partial charge < -0.3 is 9.64 Å². The van der Waals surface area contributed by atoms with Crippen LogP contribution in [0.5, 0.6) is 0 Å². The van der Waals surface area contributed by atoms with Gasteiger partial charge in [-0.2, -0.15) is 4.31 Å². The van der Waals surface area contributed by atoms with Crippen LogP contribution in [-0.4, -0.2) is 63.6 Å². The third-order valence-electron chi connectivity index (χ3n) is 5.62. The largest absolute Gasteiger partial charge is 0.378 e. The molecule has 0 amide bonds. The standard InChI is InChI=1S/C21H34F2N2O3S/c1-4-13-24(2)14-5-6-15-28-18-9-7-17(8-10-18)25(3)29(26,27)19-11-12-20(22)21(23)16-19/h11-12,16-18H,4-10,13-15H2,1-3H3. The lowest BCUT2D eigenvalue weighted by molar-refractivity contribution is 0.0152. The van der Waals surface area contributed by atoms with E-state index >= 15 is 0 Å². The van der Waals surface area contributed by atoms with Gasteiger partial charge in [-0.3, -0.25) is 0 Å². The molecule has 29 heavy (non-hydrogen) atoms. The maximum atomic E-state index is 13.4. The number of ether oxygens (including phenoxy) is 1. The van der Waals surface area contributed by atoms with Crippen molar-refractivity contribution in [3.8, 4) is 0 Å². The van der Waals surface area contributed by atoms with Gasteiger partial charge in [0.05, 0.1) is 11.0 Å². The van der Waals surface area contributed by atoms with Crippen molar-refractivity contribution in [1.29, 1.82) is 0 Å². The molecule has 1 aliphatic rings. The smallest absolute Gasteiger partial charge is 0.243 e.